The first-order valence-corrected chi connectivity index (χ1v) is 9.81. The van der Waals surface area contributed by atoms with Gasteiger partial charge < -0.3 is 25.1 Å². The van der Waals surface area contributed by atoms with Crippen molar-refractivity contribution in [3.63, 3.8) is 0 Å². The van der Waals surface area contributed by atoms with Crippen molar-refractivity contribution in [3.8, 4) is 0 Å². The quantitative estimate of drug-likeness (QED) is 0.508. The van der Waals surface area contributed by atoms with E-state index in [2.05, 4.69) is 30.0 Å². The van der Waals surface area contributed by atoms with Gasteiger partial charge in [0, 0.05) is 38.3 Å². The Kier molecular flexibility index (Phi) is 11.1. The molecule has 6 nitrogen and oxygen atoms in total. The number of hydrogen-bond acceptors (Lipinski definition) is 5. The number of rotatable bonds is 7. The van der Waals surface area contributed by atoms with E-state index >= 15 is 0 Å². The fourth-order valence-corrected chi connectivity index (χ4v) is 2.99. The lowest BCUT2D eigenvalue weighted by Gasteiger charge is -2.34. The summed E-state index contributed by atoms with van der Waals surface area (Å²) in [7, 11) is 2.15. The molecule has 29 heavy (non-hydrogen) atoms. The molecule has 0 aliphatic carbocycles. The van der Waals surface area contributed by atoms with Crippen molar-refractivity contribution in [1.82, 2.24) is 9.80 Å². The van der Waals surface area contributed by atoms with Gasteiger partial charge in [-0.05, 0) is 36.9 Å². The van der Waals surface area contributed by atoms with Crippen LogP contribution in [0.15, 0.2) is 55.3 Å². The third-order valence-electron chi connectivity index (χ3n) is 4.25. The maximum Gasteiger partial charge on any atom is 0.405 e. The zero-order valence-electron chi connectivity index (χ0n) is 16.5. The summed E-state index contributed by atoms with van der Waals surface area (Å²) in [6, 6.07) is 4.70. The van der Waals surface area contributed by atoms with Crippen LogP contribution in [0.2, 0.25) is 10.0 Å². The molecule has 0 spiro atoms. The molecule has 1 unspecified atom stereocenters. The average Bonchev–Trinajstić information content (AvgIpc) is 2.69. The summed E-state index contributed by atoms with van der Waals surface area (Å²) in [5.74, 6) is 0. The summed E-state index contributed by atoms with van der Waals surface area (Å²) in [5.41, 5.74) is 6.65. The number of halogens is 2. The molecule has 1 aliphatic heterocycles. The molecule has 1 aromatic carbocycles. The molecule has 1 aliphatic rings. The predicted molar refractivity (Wildman–Crippen MR) is 118 cm³/mol. The molecule has 1 aromatic rings. The summed E-state index contributed by atoms with van der Waals surface area (Å²) in [6.07, 6.45) is 4.69. The van der Waals surface area contributed by atoms with Gasteiger partial charge in [0.25, 0.3) is 0 Å². The van der Waals surface area contributed by atoms with Crippen LogP contribution in [0.4, 0.5) is 4.79 Å². The largest absolute Gasteiger partial charge is 0.441 e. The van der Waals surface area contributed by atoms with E-state index in [1.54, 1.807) is 12.1 Å². The number of piperazine rings is 1. The fraction of sp³-hybridized carbons (Fsp3) is 0.333. The van der Waals surface area contributed by atoms with E-state index in [9.17, 15) is 9.59 Å². The van der Waals surface area contributed by atoms with Gasteiger partial charge in [-0.25, -0.2) is 4.79 Å². The second kappa shape index (κ2) is 13.0. The highest BCUT2D eigenvalue weighted by Crippen LogP contribution is 2.28. The highest BCUT2D eigenvalue weighted by molar-refractivity contribution is 6.42. The smallest absolute Gasteiger partial charge is 0.405 e. The molecule has 0 saturated carbocycles. The van der Waals surface area contributed by atoms with Crippen LogP contribution in [-0.4, -0.2) is 55.4 Å². The lowest BCUT2D eigenvalue weighted by Crippen LogP contribution is -2.43. The van der Waals surface area contributed by atoms with Crippen molar-refractivity contribution in [2.24, 2.45) is 5.73 Å². The van der Waals surface area contributed by atoms with Crippen molar-refractivity contribution >= 4 is 35.6 Å². The minimum atomic E-state index is -0.946. The average molecular weight is 440 g/mol. The number of amides is 1. The third kappa shape index (κ3) is 8.73. The van der Waals surface area contributed by atoms with Crippen LogP contribution in [0.5, 0.6) is 0 Å². The Hall–Kier alpha value is -2.28. The monoisotopic (exact) mass is 439 g/mol. The summed E-state index contributed by atoms with van der Waals surface area (Å²) < 4.78 is 4.78. The van der Waals surface area contributed by atoms with Crippen molar-refractivity contribution in [1.29, 1.82) is 0 Å². The first kappa shape index (κ1) is 24.8. The molecule has 2 rings (SSSR count). The maximum absolute atomic E-state index is 10.6. The number of ether oxygens (including phenoxy) is 1. The summed E-state index contributed by atoms with van der Waals surface area (Å²) in [5, 5.41) is 0.706. The lowest BCUT2D eigenvalue weighted by atomic mass is 10.1. The number of carbonyl (C=O) groups excluding carboxylic acids is 2. The molecule has 1 fully saturated rings. The SMILES string of the molecule is C=C/C=C(\C=C)N1CCN(C)CC1.NC(=O)OC(CC=O)c1ccc(Cl)c(Cl)c1. The van der Waals surface area contributed by atoms with Gasteiger partial charge in [0.05, 0.1) is 10.0 Å². The van der Waals surface area contributed by atoms with Gasteiger partial charge in [0.2, 0.25) is 0 Å². The number of benzene rings is 1. The van der Waals surface area contributed by atoms with Gasteiger partial charge in [0.15, 0.2) is 0 Å². The first-order chi connectivity index (χ1) is 13.8. The Morgan fingerprint density at radius 2 is 1.90 bits per heavy atom. The van der Waals surface area contributed by atoms with Gasteiger partial charge in [-0.15, -0.1) is 0 Å². The van der Waals surface area contributed by atoms with E-state index in [1.807, 2.05) is 18.2 Å². The van der Waals surface area contributed by atoms with Crippen LogP contribution in [0, 0.1) is 0 Å². The molecule has 0 aromatic heterocycles. The van der Waals surface area contributed by atoms with Crippen LogP contribution in [-0.2, 0) is 9.53 Å². The van der Waals surface area contributed by atoms with E-state index in [0.29, 0.717) is 21.9 Å². The zero-order valence-corrected chi connectivity index (χ0v) is 18.0. The zero-order chi connectivity index (χ0) is 21.8. The standard InChI is InChI=1S/C11H18N2.C10H9Cl2NO3/c1-4-6-11(5-2)13-9-7-12(3)8-10-13;11-7-2-1-6(5-8(7)12)9(3-4-14)16-10(13)15/h4-6H,1-2,7-10H2,3H3;1-2,4-5,9H,3H2,(H2,13,15)/b11-6+;. The maximum atomic E-state index is 10.6. The first-order valence-electron chi connectivity index (χ1n) is 9.05. The molecule has 158 valence electrons. The number of hydrogen-bond donors (Lipinski definition) is 1. The molecule has 1 atom stereocenters. The van der Waals surface area contributed by atoms with Crippen LogP contribution in [0.25, 0.3) is 0 Å². The molecule has 0 radical (unpaired) electrons. The second-order valence-corrected chi connectivity index (χ2v) is 7.14. The van der Waals surface area contributed by atoms with Crippen LogP contribution in [0.1, 0.15) is 18.1 Å². The molecular formula is C21H27Cl2N3O3. The predicted octanol–water partition coefficient (Wildman–Crippen LogP) is 4.21. The minimum Gasteiger partial charge on any atom is -0.441 e. The molecule has 0 bridgehead atoms. The summed E-state index contributed by atoms with van der Waals surface area (Å²) in [6.45, 7) is 11.9. The van der Waals surface area contributed by atoms with Gasteiger partial charge in [0.1, 0.15) is 12.4 Å². The number of primary amides is 1. The highest BCUT2D eigenvalue weighted by atomic mass is 35.5. The molecule has 8 heteroatoms. The second-order valence-electron chi connectivity index (χ2n) is 6.32. The van der Waals surface area contributed by atoms with Crippen molar-refractivity contribution in [2.75, 3.05) is 33.2 Å². The number of allylic oxidation sites excluding steroid dienone is 3. The van der Waals surface area contributed by atoms with E-state index in [0.717, 1.165) is 26.2 Å². The van der Waals surface area contributed by atoms with Crippen LogP contribution >= 0.6 is 23.2 Å². The van der Waals surface area contributed by atoms with E-state index in [4.69, 9.17) is 33.7 Å². The van der Waals surface area contributed by atoms with E-state index in [1.165, 1.54) is 11.8 Å². The lowest BCUT2D eigenvalue weighted by molar-refractivity contribution is -0.109. The normalized spacial score (nSPS) is 15.6. The Labute approximate surface area is 182 Å². The number of carbonyl (C=O) groups is 2. The fourth-order valence-electron chi connectivity index (χ4n) is 2.68. The summed E-state index contributed by atoms with van der Waals surface area (Å²) in [4.78, 5) is 25.7. The van der Waals surface area contributed by atoms with Gasteiger partial charge in [-0.3, -0.25) is 0 Å². The number of aldehydes is 1. The molecular weight excluding hydrogens is 413 g/mol. The Morgan fingerprint density at radius 3 is 2.38 bits per heavy atom. The Morgan fingerprint density at radius 1 is 1.24 bits per heavy atom. The van der Waals surface area contributed by atoms with Crippen molar-refractivity contribution in [2.45, 2.75) is 12.5 Å². The number of nitrogens with two attached hydrogens (primary N) is 1. The minimum absolute atomic E-state index is 0.0148. The summed E-state index contributed by atoms with van der Waals surface area (Å²) >= 11 is 11.5. The molecule has 2 N–H and O–H groups in total. The highest BCUT2D eigenvalue weighted by Gasteiger charge is 2.16. The van der Waals surface area contributed by atoms with Gasteiger partial charge >= 0.3 is 6.09 Å². The molecule has 1 amide bonds. The van der Waals surface area contributed by atoms with Crippen LogP contribution in [0.3, 0.4) is 0 Å². The van der Waals surface area contributed by atoms with Crippen molar-refractivity contribution < 1.29 is 14.3 Å². The van der Waals surface area contributed by atoms with Gasteiger partial charge in [-0.2, -0.15) is 0 Å². The van der Waals surface area contributed by atoms with Crippen LogP contribution < -0.4 is 5.73 Å². The van der Waals surface area contributed by atoms with E-state index in [-0.39, 0.29) is 6.42 Å². The molecule has 1 heterocycles. The van der Waals surface area contributed by atoms with Gasteiger partial charge in [-0.1, -0.05) is 48.5 Å². The number of likely N-dealkylation sites (N-methyl/N-ethyl adjacent to an activating group) is 1. The molecule has 1 saturated heterocycles. The van der Waals surface area contributed by atoms with Crippen molar-refractivity contribution in [3.05, 3.63) is 70.9 Å². The number of nitrogens with zero attached hydrogens (tertiary/aromatic N) is 2. The Balaban J connectivity index is 0.000000296. The topological polar surface area (TPSA) is 75.9 Å². The third-order valence-corrected chi connectivity index (χ3v) is 4.99. The van der Waals surface area contributed by atoms with E-state index < -0.39 is 12.2 Å². The Bertz CT molecular complexity index is 745.